The van der Waals surface area contributed by atoms with E-state index in [1.165, 1.54) is 13.8 Å². The van der Waals surface area contributed by atoms with Gasteiger partial charge in [0.2, 0.25) is 0 Å². The second kappa shape index (κ2) is 20.0. The minimum atomic E-state index is -0.824. The molecule has 2 aromatic carbocycles. The number of carbonyl (C=O) groups is 10. The van der Waals surface area contributed by atoms with Gasteiger partial charge in [0.25, 0.3) is 0 Å². The van der Waals surface area contributed by atoms with Crippen LogP contribution in [0.2, 0.25) is 0 Å². The lowest BCUT2D eigenvalue weighted by Gasteiger charge is -2.18. The molecule has 21 nitrogen and oxygen atoms in total. The summed E-state index contributed by atoms with van der Waals surface area (Å²) in [4.78, 5) is 150. The molecule has 63 heavy (non-hydrogen) atoms. The van der Waals surface area contributed by atoms with E-state index >= 15 is 0 Å². The van der Waals surface area contributed by atoms with Crippen LogP contribution in [0.15, 0.2) is 88.7 Å². The van der Waals surface area contributed by atoms with Crippen molar-refractivity contribution in [2.75, 3.05) is 0 Å². The van der Waals surface area contributed by atoms with E-state index in [0.29, 0.717) is 24.0 Å². The first-order chi connectivity index (χ1) is 29.9. The summed E-state index contributed by atoms with van der Waals surface area (Å²) < 4.78 is 30.0. The molecule has 1 saturated carbocycles. The van der Waals surface area contributed by atoms with Crippen LogP contribution in [0, 0.1) is 23.7 Å². The van der Waals surface area contributed by atoms with Crippen LogP contribution in [0.4, 0.5) is 0 Å². The third-order valence-corrected chi connectivity index (χ3v) is 9.62. The molecule has 4 aromatic rings. The van der Waals surface area contributed by atoms with E-state index in [2.05, 4.69) is 32.5 Å². The molecule has 4 atom stereocenters. The van der Waals surface area contributed by atoms with Crippen LogP contribution in [-0.4, -0.2) is 59.7 Å². The molecule has 0 N–H and O–H groups in total. The van der Waals surface area contributed by atoms with E-state index < -0.39 is 58.3 Å². The first-order valence-corrected chi connectivity index (χ1v) is 18.7. The average Bonchev–Trinajstić information content (AvgIpc) is 4.06. The van der Waals surface area contributed by atoms with Gasteiger partial charge in [0.15, 0.2) is 0 Å². The maximum absolute atomic E-state index is 11.2. The quantitative estimate of drug-likeness (QED) is 0.105. The lowest BCUT2D eigenvalue weighted by atomic mass is 9.81. The molecular formula is C42H32O21. The zero-order valence-corrected chi connectivity index (χ0v) is 32.9. The van der Waals surface area contributed by atoms with Crippen molar-refractivity contribution in [1.29, 1.82) is 0 Å². The van der Waals surface area contributed by atoms with E-state index in [1.54, 1.807) is 24.3 Å². The Labute approximate surface area is 350 Å². The minimum absolute atomic E-state index is 0.0181. The molecule has 10 rings (SSSR count). The third kappa shape index (κ3) is 11.2. The number of carbonyl (C=O) groups excluding carboxylic acids is 10. The van der Waals surface area contributed by atoms with E-state index in [-0.39, 0.29) is 69.1 Å². The van der Waals surface area contributed by atoms with E-state index in [9.17, 15) is 67.1 Å². The van der Waals surface area contributed by atoms with Crippen molar-refractivity contribution in [3.05, 3.63) is 114 Å². The summed E-state index contributed by atoms with van der Waals surface area (Å²) >= 11 is 0. The van der Waals surface area contributed by atoms with Crippen LogP contribution >= 0.6 is 0 Å². The van der Waals surface area contributed by atoms with Crippen LogP contribution in [0.1, 0.15) is 73.1 Å². The SMILES string of the molecule is CC(=O)OC(C)=O.O=C1C=CC(=O)O1.O=C1OC(=O)C2CC=CCC12.O=C1OC(=O)C2CCCCC12.O=C1OC(=O)c2ccccc21.O=c1oc(=O)c2cc3c(=O)oc(=O)c3cc12. The van der Waals surface area contributed by atoms with Crippen molar-refractivity contribution in [2.24, 2.45) is 23.7 Å². The van der Waals surface area contributed by atoms with E-state index in [4.69, 9.17) is 0 Å². The Kier molecular flexibility index (Phi) is 14.6. The van der Waals surface area contributed by atoms with Crippen LogP contribution in [0.5, 0.6) is 0 Å². The Morgan fingerprint density at radius 2 is 0.841 bits per heavy atom. The third-order valence-electron chi connectivity index (χ3n) is 9.62. The Balaban J connectivity index is 0.000000146. The number of ether oxygens (including phenoxy) is 5. The highest BCUT2D eigenvalue weighted by Gasteiger charge is 2.45. The van der Waals surface area contributed by atoms with Gasteiger partial charge in [-0.15, -0.1) is 0 Å². The summed E-state index contributed by atoms with van der Waals surface area (Å²) in [5, 5.41) is -0.0726. The number of hydrogen-bond acceptors (Lipinski definition) is 21. The van der Waals surface area contributed by atoms with Crippen molar-refractivity contribution in [3.8, 4) is 0 Å². The smallest absolute Gasteiger partial charge is 0.346 e. The minimum Gasteiger partial charge on any atom is -0.394 e. The molecule has 0 spiro atoms. The largest absolute Gasteiger partial charge is 0.394 e. The fourth-order valence-electron chi connectivity index (χ4n) is 6.73. The van der Waals surface area contributed by atoms with Crippen LogP contribution < -0.4 is 22.5 Å². The van der Waals surface area contributed by atoms with E-state index in [0.717, 1.165) is 50.0 Å². The molecule has 2 saturated heterocycles. The lowest BCUT2D eigenvalue weighted by Crippen LogP contribution is -2.21. The van der Waals surface area contributed by atoms with Crippen molar-refractivity contribution >= 4 is 81.2 Å². The van der Waals surface area contributed by atoms with Gasteiger partial charge in [0.05, 0.1) is 56.3 Å². The number of rotatable bonds is 0. The highest BCUT2D eigenvalue weighted by atomic mass is 16.6. The van der Waals surface area contributed by atoms with Crippen molar-refractivity contribution in [2.45, 2.75) is 52.4 Å². The fourth-order valence-corrected chi connectivity index (χ4v) is 6.73. The summed E-state index contributed by atoms with van der Waals surface area (Å²) in [5.74, 6) is -5.23. The summed E-state index contributed by atoms with van der Waals surface area (Å²) in [6.45, 7) is 2.36. The second-order valence-corrected chi connectivity index (χ2v) is 13.8. The topological polar surface area (TPSA) is 311 Å². The molecule has 0 bridgehead atoms. The second-order valence-electron chi connectivity index (χ2n) is 13.8. The predicted octanol–water partition coefficient (Wildman–Crippen LogP) is 1.74. The number of esters is 10. The molecule has 2 aromatic heterocycles. The maximum atomic E-state index is 11.2. The fraction of sp³-hybridized carbons (Fsp3) is 0.286. The van der Waals surface area contributed by atoms with Gasteiger partial charge in [-0.2, -0.15) is 0 Å². The van der Waals surface area contributed by atoms with Crippen molar-refractivity contribution in [1.82, 2.24) is 0 Å². The van der Waals surface area contributed by atoms with Gasteiger partial charge in [-0.1, -0.05) is 37.1 Å². The van der Waals surface area contributed by atoms with Crippen molar-refractivity contribution < 1.29 is 80.5 Å². The molecule has 6 aliphatic rings. The van der Waals surface area contributed by atoms with Gasteiger partial charge in [-0.3, -0.25) is 28.8 Å². The van der Waals surface area contributed by atoms with Gasteiger partial charge in [0, 0.05) is 26.0 Å². The van der Waals surface area contributed by atoms with E-state index in [1.807, 2.05) is 12.2 Å². The van der Waals surface area contributed by atoms with Crippen LogP contribution in [0.25, 0.3) is 21.5 Å². The lowest BCUT2D eigenvalue weighted by molar-refractivity contribution is -0.157. The number of allylic oxidation sites excluding steroid dienone is 2. The number of benzene rings is 2. The molecule has 3 fully saturated rings. The molecule has 0 radical (unpaired) electrons. The zero-order valence-electron chi connectivity index (χ0n) is 32.9. The Bertz CT molecular complexity index is 2590. The summed E-state index contributed by atoms with van der Waals surface area (Å²) in [6, 6.07) is 8.82. The highest BCUT2D eigenvalue weighted by Crippen LogP contribution is 2.36. The first-order valence-electron chi connectivity index (χ1n) is 18.7. The average molecular weight is 873 g/mol. The molecule has 6 heterocycles. The van der Waals surface area contributed by atoms with Crippen molar-refractivity contribution in [3.63, 3.8) is 0 Å². The monoisotopic (exact) mass is 872 g/mol. The molecular weight excluding hydrogens is 840 g/mol. The van der Waals surface area contributed by atoms with Gasteiger partial charge >= 0.3 is 82.2 Å². The number of hydrogen-bond donors (Lipinski definition) is 0. The normalized spacial score (nSPS) is 20.9. The molecule has 4 unspecified atom stereocenters. The molecule has 2 aliphatic carbocycles. The number of cyclic esters (lactones) is 8. The number of fused-ring (bicyclic) bond motifs is 5. The van der Waals surface area contributed by atoms with Gasteiger partial charge in [0.1, 0.15) is 0 Å². The summed E-state index contributed by atoms with van der Waals surface area (Å²) in [5.41, 5.74) is -2.58. The Morgan fingerprint density at radius 1 is 0.492 bits per heavy atom. The molecule has 21 heteroatoms. The summed E-state index contributed by atoms with van der Waals surface area (Å²) in [6.07, 6.45) is 11.2. The Hall–Kier alpha value is -8.10. The Morgan fingerprint density at radius 3 is 1.14 bits per heavy atom. The van der Waals surface area contributed by atoms with Crippen LogP contribution in [0.3, 0.4) is 0 Å². The van der Waals surface area contributed by atoms with Crippen LogP contribution in [-0.2, 0) is 62.0 Å². The molecule has 0 amide bonds. The highest BCUT2D eigenvalue weighted by molar-refractivity contribution is 6.14. The standard InChI is InChI=1S/C10H2O6.C8H10O3.C8H8O3.C8H4O3.C4H2O3.C4H6O3/c11-7-3-1-4-6(10(14)16-8(4)12)2-5(3)9(13)15-7;3*9-7-5-3-1-2-4-6(5)8(10)11-7;5-3-1-2-4(6)7-3;1-3(5)7-4(2)6/h1-2H;5-6H,1-4H2;1-2,5-6H,3-4H2;1-4H;1-2H;1-2H3. The predicted molar refractivity (Wildman–Crippen MR) is 205 cm³/mol. The zero-order chi connectivity index (χ0) is 46.1. The summed E-state index contributed by atoms with van der Waals surface area (Å²) in [7, 11) is 0. The molecule has 326 valence electrons. The van der Waals surface area contributed by atoms with Gasteiger partial charge in [-0.05, 0) is 49.9 Å². The van der Waals surface area contributed by atoms with Gasteiger partial charge < -0.3 is 32.5 Å². The van der Waals surface area contributed by atoms with Gasteiger partial charge in [-0.25, -0.2) is 38.4 Å². The molecule has 4 aliphatic heterocycles. The number of furan rings is 2. The maximum Gasteiger partial charge on any atom is 0.346 e. The first kappa shape index (κ1) is 46.0.